The smallest absolute Gasteiger partial charge is 0.252 e. The lowest BCUT2D eigenvalue weighted by atomic mass is 9.87. The van der Waals surface area contributed by atoms with Crippen molar-refractivity contribution in [3.05, 3.63) is 0 Å². The molecule has 0 saturated heterocycles. The molecule has 0 bridgehead atoms. The maximum Gasteiger partial charge on any atom is 0.460 e. The van der Waals surface area contributed by atoms with Crippen molar-refractivity contribution in [2.24, 2.45) is 5.14 Å². The highest BCUT2D eigenvalue weighted by molar-refractivity contribution is 7.84. The molecule has 0 aromatic rings. The lowest BCUT2D eigenvalue weighted by Gasteiger charge is -2.43. The zero-order valence-corrected chi connectivity index (χ0v) is 15.4. The van der Waals surface area contributed by atoms with E-state index in [9.17, 15) is 91.8 Å². The Kier molecular flexibility index (Phi) is 7.68. The average Bonchev–Trinajstić information content (AvgIpc) is 2.57. The van der Waals surface area contributed by atoms with Gasteiger partial charge < -0.3 is 0 Å². The maximum atomic E-state index is 13.4. The Morgan fingerprint density at radius 2 is 0.706 bits per heavy atom. The Morgan fingerprint density at radius 3 is 0.941 bits per heavy atom. The minimum Gasteiger partial charge on any atom is -0.252 e. The summed E-state index contributed by atoms with van der Waals surface area (Å²) in [5.74, 6) is -68.2. The van der Waals surface area contributed by atoms with Crippen molar-refractivity contribution in [2.75, 3.05) is 6.61 Å². The summed E-state index contributed by atoms with van der Waals surface area (Å²) in [6.07, 6.45) is -7.96. The van der Waals surface area contributed by atoms with Crippen LogP contribution in [0.3, 0.4) is 0 Å². The number of nitrogens with two attached hydrogens (primary N) is 1. The van der Waals surface area contributed by atoms with Crippen LogP contribution in [0.15, 0.2) is 0 Å². The largest absolute Gasteiger partial charge is 0.460 e. The number of hydrogen-bond acceptors (Lipinski definition) is 3. The van der Waals surface area contributed by atoms with Crippen molar-refractivity contribution >= 4 is 10.3 Å². The highest BCUT2D eigenvalue weighted by atomic mass is 32.2. The monoisotopic (exact) mass is 579 g/mol. The fourth-order valence-corrected chi connectivity index (χ4v) is 1.95. The first kappa shape index (κ1) is 32.5. The molecule has 0 aliphatic heterocycles. The average molecular weight is 579 g/mol. The molecule has 0 heterocycles. The normalized spacial score (nSPS) is 16.7. The molecule has 0 fully saturated rings. The van der Waals surface area contributed by atoms with E-state index in [2.05, 4.69) is 9.32 Å². The second-order valence-corrected chi connectivity index (χ2v) is 7.20. The van der Waals surface area contributed by atoms with Crippen LogP contribution in [0.25, 0.3) is 0 Å². The van der Waals surface area contributed by atoms with Crippen LogP contribution in [0, 0.1) is 0 Å². The van der Waals surface area contributed by atoms with Gasteiger partial charge in [-0.3, -0.25) is 4.18 Å². The number of hydrogen-bond donors (Lipinski definition) is 1. The predicted molar refractivity (Wildman–Crippen MR) is 64.7 cm³/mol. The Morgan fingerprint density at radius 1 is 0.471 bits per heavy atom. The molecule has 0 spiro atoms. The molecule has 0 aliphatic carbocycles. The second kappa shape index (κ2) is 8.03. The molecule has 0 rings (SSSR count). The first-order chi connectivity index (χ1) is 14.2. The Hall–Kier alpha value is -1.46. The molecule has 0 radical (unpaired) electrons. The highest BCUT2D eigenvalue weighted by Gasteiger charge is 2.96. The molecular formula is C10H4F19NO3S. The number of alkyl halides is 19. The molecule has 34 heavy (non-hydrogen) atoms. The SMILES string of the molecule is NS(=O)(=O)OCC(F)(F)C(F)(F)C(F)(F)C(F)(F)C(F)(F)C(F)(F)C(F)(F)C(F)(F)C(F)(F)F. The molecule has 206 valence electrons. The molecule has 0 amide bonds. The molecule has 0 saturated carbocycles. The van der Waals surface area contributed by atoms with E-state index >= 15 is 0 Å². The van der Waals surface area contributed by atoms with Crippen molar-refractivity contribution in [1.29, 1.82) is 0 Å². The van der Waals surface area contributed by atoms with Crippen LogP contribution in [0.2, 0.25) is 0 Å². The molecule has 0 atom stereocenters. The highest BCUT2D eigenvalue weighted by Crippen LogP contribution is 2.65. The van der Waals surface area contributed by atoms with Gasteiger partial charge in [0.05, 0.1) is 0 Å². The summed E-state index contributed by atoms with van der Waals surface area (Å²) < 4.78 is 269. The summed E-state index contributed by atoms with van der Waals surface area (Å²) in [5.41, 5.74) is 0. The molecule has 4 nitrogen and oxygen atoms in total. The Labute approximate surface area is 173 Å². The Bertz CT molecular complexity index is 860. The standard InChI is InChI=1S/C10H4F19NO3S/c11-2(12,1-33-34(30,31)32)3(13,14)4(15,16)5(17,18)6(19,20)7(21,22)8(23,24)9(25,26)10(27,28)29/h1H2,(H2,30,31,32). The summed E-state index contributed by atoms with van der Waals surface area (Å²) in [6, 6.07) is 0. The zero-order valence-electron chi connectivity index (χ0n) is 14.6. The molecule has 2 N–H and O–H groups in total. The minimum absolute atomic E-state index is 2.64. The fourth-order valence-electron chi connectivity index (χ4n) is 1.64. The molecular weight excluding hydrogens is 575 g/mol. The van der Waals surface area contributed by atoms with E-state index in [0.717, 1.165) is 0 Å². The third kappa shape index (κ3) is 4.43. The van der Waals surface area contributed by atoms with Gasteiger partial charge in [-0.05, 0) is 0 Å². The topological polar surface area (TPSA) is 69.4 Å². The van der Waals surface area contributed by atoms with Crippen LogP contribution in [0.1, 0.15) is 0 Å². The van der Waals surface area contributed by atoms with Gasteiger partial charge in [-0.25, -0.2) is 5.14 Å². The van der Waals surface area contributed by atoms with Crippen LogP contribution < -0.4 is 5.14 Å². The van der Waals surface area contributed by atoms with Gasteiger partial charge in [0.15, 0.2) is 0 Å². The molecule has 0 aromatic carbocycles. The van der Waals surface area contributed by atoms with Gasteiger partial charge in [-0.1, -0.05) is 0 Å². The first-order valence-electron chi connectivity index (χ1n) is 6.97. The third-order valence-electron chi connectivity index (χ3n) is 3.59. The van der Waals surface area contributed by atoms with Gasteiger partial charge in [0.25, 0.3) is 0 Å². The van der Waals surface area contributed by atoms with Gasteiger partial charge in [0, 0.05) is 0 Å². The van der Waals surface area contributed by atoms with Crippen LogP contribution in [-0.2, 0) is 14.5 Å². The van der Waals surface area contributed by atoms with Crippen molar-refractivity contribution < 1.29 is 96.0 Å². The predicted octanol–water partition coefficient (Wildman–Crippen LogP) is 4.85. The van der Waals surface area contributed by atoms with Crippen LogP contribution >= 0.6 is 0 Å². The van der Waals surface area contributed by atoms with E-state index in [0.29, 0.717) is 0 Å². The number of halogens is 19. The van der Waals surface area contributed by atoms with Crippen LogP contribution in [0.5, 0.6) is 0 Å². The first-order valence-corrected chi connectivity index (χ1v) is 8.44. The summed E-state index contributed by atoms with van der Waals surface area (Å²) in [7, 11) is -5.80. The number of rotatable bonds is 10. The summed E-state index contributed by atoms with van der Waals surface area (Å²) in [5, 5.41) is 3.80. The van der Waals surface area contributed by atoms with E-state index < -0.39 is 70.5 Å². The van der Waals surface area contributed by atoms with E-state index in [-0.39, 0.29) is 0 Å². The molecule has 0 aliphatic rings. The van der Waals surface area contributed by atoms with E-state index in [1.165, 1.54) is 0 Å². The second-order valence-electron chi connectivity index (χ2n) is 5.98. The summed E-state index contributed by atoms with van der Waals surface area (Å²) >= 11 is 0. The van der Waals surface area contributed by atoms with Gasteiger partial charge in [-0.2, -0.15) is 91.8 Å². The molecule has 24 heteroatoms. The lowest BCUT2D eigenvalue weighted by molar-refractivity contribution is -0.469. The van der Waals surface area contributed by atoms with E-state index in [4.69, 9.17) is 0 Å². The van der Waals surface area contributed by atoms with Crippen molar-refractivity contribution in [3.63, 3.8) is 0 Å². The van der Waals surface area contributed by atoms with Gasteiger partial charge in [0.1, 0.15) is 6.61 Å². The van der Waals surface area contributed by atoms with Crippen molar-refractivity contribution in [2.45, 2.75) is 53.6 Å². The maximum absolute atomic E-state index is 13.4. The molecule has 0 unspecified atom stereocenters. The lowest BCUT2D eigenvalue weighted by Crippen LogP contribution is -2.76. The summed E-state index contributed by atoms with van der Waals surface area (Å²) in [6.45, 7) is -3.70. The zero-order chi connectivity index (χ0) is 28.4. The Balaban J connectivity index is 6.82. The summed E-state index contributed by atoms with van der Waals surface area (Å²) in [4.78, 5) is 0. The van der Waals surface area contributed by atoms with Crippen molar-refractivity contribution in [1.82, 2.24) is 0 Å². The van der Waals surface area contributed by atoms with Gasteiger partial charge in [-0.15, -0.1) is 0 Å². The van der Waals surface area contributed by atoms with E-state index in [1.54, 1.807) is 0 Å². The van der Waals surface area contributed by atoms with Gasteiger partial charge >= 0.3 is 63.9 Å². The van der Waals surface area contributed by atoms with Crippen LogP contribution in [0.4, 0.5) is 83.4 Å². The van der Waals surface area contributed by atoms with Gasteiger partial charge in [0.2, 0.25) is 0 Å². The van der Waals surface area contributed by atoms with Crippen molar-refractivity contribution in [3.8, 4) is 0 Å². The minimum atomic E-state index is -9.05. The van der Waals surface area contributed by atoms with E-state index in [1.807, 2.05) is 0 Å². The third-order valence-corrected chi connectivity index (χ3v) is 4.03. The molecule has 0 aromatic heterocycles. The fraction of sp³-hybridized carbons (Fsp3) is 1.00. The quantitative estimate of drug-likeness (QED) is 0.377. The van der Waals surface area contributed by atoms with Crippen LogP contribution in [-0.4, -0.2) is 68.6 Å².